The number of nitrogens with zero attached hydrogens (tertiary/aromatic N) is 2. The van der Waals surface area contributed by atoms with Gasteiger partial charge in [0.15, 0.2) is 0 Å². The number of amides is 1. The minimum Gasteiger partial charge on any atom is -0.343 e. The molecule has 25 heavy (non-hydrogen) atoms. The van der Waals surface area contributed by atoms with Crippen LogP contribution in [0.3, 0.4) is 0 Å². The molecule has 8 heteroatoms. The predicted octanol–water partition coefficient (Wildman–Crippen LogP) is 3.37. The van der Waals surface area contributed by atoms with Gasteiger partial charge in [-0.3, -0.25) is 9.48 Å². The molecular formula is C17H16ClFN4OS. The second kappa shape index (κ2) is 7.35. The first-order chi connectivity index (χ1) is 12.0. The molecule has 1 unspecified atom stereocenters. The molecule has 0 aliphatic carbocycles. The second-order valence-corrected chi connectivity index (χ2v) is 7.11. The van der Waals surface area contributed by atoms with E-state index < -0.39 is 6.04 Å². The summed E-state index contributed by atoms with van der Waals surface area (Å²) in [4.78, 5) is 13.0. The monoisotopic (exact) mass is 378 g/mol. The Balaban J connectivity index is 1.81. The third-order valence-electron chi connectivity index (χ3n) is 3.82. The number of thiophene rings is 1. The zero-order valence-electron chi connectivity index (χ0n) is 13.4. The van der Waals surface area contributed by atoms with Crippen LogP contribution in [0.15, 0.2) is 42.6 Å². The van der Waals surface area contributed by atoms with E-state index >= 15 is 0 Å². The Morgan fingerprint density at radius 2 is 2.12 bits per heavy atom. The van der Waals surface area contributed by atoms with Gasteiger partial charge >= 0.3 is 0 Å². The van der Waals surface area contributed by atoms with Gasteiger partial charge in [-0.2, -0.15) is 5.10 Å². The van der Waals surface area contributed by atoms with E-state index in [0.717, 1.165) is 16.8 Å². The Labute approximate surface area is 153 Å². The predicted molar refractivity (Wildman–Crippen MR) is 97.2 cm³/mol. The molecule has 0 aliphatic rings. The van der Waals surface area contributed by atoms with Gasteiger partial charge < -0.3 is 11.1 Å². The van der Waals surface area contributed by atoms with E-state index in [1.807, 2.05) is 13.1 Å². The number of aryl methyl sites for hydroxylation is 1. The second-order valence-electron chi connectivity index (χ2n) is 5.45. The summed E-state index contributed by atoms with van der Waals surface area (Å²) in [7, 11) is 1.81. The molecule has 0 radical (unpaired) electrons. The molecule has 1 amide bonds. The van der Waals surface area contributed by atoms with Crippen molar-refractivity contribution in [3.05, 3.63) is 63.2 Å². The summed E-state index contributed by atoms with van der Waals surface area (Å²) in [6, 6.07) is 9.05. The number of nitrogens with two attached hydrogens (primary N) is 1. The molecule has 130 valence electrons. The lowest BCUT2D eigenvalue weighted by Crippen LogP contribution is -2.32. The molecule has 3 rings (SSSR count). The minimum absolute atomic E-state index is 0.199. The number of hydrogen-bond acceptors (Lipinski definition) is 4. The van der Waals surface area contributed by atoms with Crippen LogP contribution in [0.1, 0.15) is 21.3 Å². The van der Waals surface area contributed by atoms with Crippen LogP contribution in [0.5, 0.6) is 0 Å². The van der Waals surface area contributed by atoms with Gasteiger partial charge in [0.25, 0.3) is 5.91 Å². The molecule has 0 bridgehead atoms. The van der Waals surface area contributed by atoms with Gasteiger partial charge in [-0.1, -0.05) is 23.7 Å². The number of nitrogens with one attached hydrogen (secondary N) is 1. The molecule has 1 atom stereocenters. The van der Waals surface area contributed by atoms with Crippen LogP contribution in [0, 0.1) is 5.82 Å². The van der Waals surface area contributed by atoms with Crippen molar-refractivity contribution in [2.24, 2.45) is 12.8 Å². The normalized spacial score (nSPS) is 12.2. The number of aromatic nitrogens is 2. The molecule has 0 spiro atoms. The maximum atomic E-state index is 13.1. The molecule has 0 saturated heterocycles. The highest BCUT2D eigenvalue weighted by Gasteiger charge is 2.19. The first-order valence-electron chi connectivity index (χ1n) is 7.53. The summed E-state index contributed by atoms with van der Waals surface area (Å²) < 4.78 is 15.3. The average molecular weight is 379 g/mol. The van der Waals surface area contributed by atoms with E-state index in [1.54, 1.807) is 29.1 Å². The van der Waals surface area contributed by atoms with E-state index in [4.69, 9.17) is 17.3 Å². The van der Waals surface area contributed by atoms with Gasteiger partial charge in [0.1, 0.15) is 10.2 Å². The molecular weight excluding hydrogens is 363 g/mol. The average Bonchev–Trinajstić information content (AvgIpc) is 3.18. The van der Waals surface area contributed by atoms with Crippen LogP contribution in [-0.2, 0) is 7.05 Å². The first kappa shape index (κ1) is 17.6. The molecule has 3 aromatic rings. The highest BCUT2D eigenvalue weighted by molar-refractivity contribution is 7.18. The van der Waals surface area contributed by atoms with Gasteiger partial charge in [-0.15, -0.1) is 11.3 Å². The van der Waals surface area contributed by atoms with Crippen LogP contribution in [-0.4, -0.2) is 22.2 Å². The zero-order valence-corrected chi connectivity index (χ0v) is 14.9. The molecule has 0 fully saturated rings. The molecule has 0 saturated carbocycles. The van der Waals surface area contributed by atoms with E-state index in [0.29, 0.717) is 9.21 Å². The topological polar surface area (TPSA) is 72.9 Å². The van der Waals surface area contributed by atoms with Gasteiger partial charge in [-0.05, 0) is 29.8 Å². The minimum atomic E-state index is -0.408. The fraction of sp³-hybridized carbons (Fsp3) is 0.176. The number of carbonyl (C=O) groups excluding carboxylic acids is 1. The number of halogens is 2. The summed E-state index contributed by atoms with van der Waals surface area (Å²) in [6.07, 6.45) is 1.67. The highest BCUT2D eigenvalue weighted by atomic mass is 35.5. The molecule has 3 N–H and O–H groups in total. The highest BCUT2D eigenvalue weighted by Crippen LogP contribution is 2.35. The maximum Gasteiger partial charge on any atom is 0.261 e. The zero-order chi connectivity index (χ0) is 18.0. The van der Waals surface area contributed by atoms with Gasteiger partial charge in [0.05, 0.1) is 16.6 Å². The number of rotatable bonds is 5. The Hall–Kier alpha value is -2.22. The quantitative estimate of drug-likeness (QED) is 0.714. The smallest absolute Gasteiger partial charge is 0.261 e. The summed E-state index contributed by atoms with van der Waals surface area (Å²) >= 11 is 7.48. The third kappa shape index (κ3) is 3.73. The Bertz CT molecular complexity index is 890. The Morgan fingerprint density at radius 3 is 2.72 bits per heavy atom. The number of benzene rings is 1. The molecule has 1 aromatic carbocycles. The van der Waals surface area contributed by atoms with Crippen LogP contribution in [0.2, 0.25) is 4.34 Å². The molecule has 0 aliphatic heterocycles. The van der Waals surface area contributed by atoms with Crippen molar-refractivity contribution in [3.63, 3.8) is 0 Å². The van der Waals surface area contributed by atoms with Crippen molar-refractivity contribution in [1.82, 2.24) is 15.1 Å². The van der Waals surface area contributed by atoms with E-state index in [2.05, 4.69) is 10.4 Å². The van der Waals surface area contributed by atoms with Crippen molar-refractivity contribution in [1.29, 1.82) is 0 Å². The van der Waals surface area contributed by atoms with Gasteiger partial charge in [0, 0.05) is 25.4 Å². The van der Waals surface area contributed by atoms with E-state index in [9.17, 15) is 9.18 Å². The fourth-order valence-electron chi connectivity index (χ4n) is 2.50. The lowest BCUT2D eigenvalue weighted by Gasteiger charge is -2.16. The van der Waals surface area contributed by atoms with Crippen LogP contribution >= 0.6 is 22.9 Å². The number of hydrogen-bond donors (Lipinski definition) is 2. The van der Waals surface area contributed by atoms with Crippen LogP contribution in [0.4, 0.5) is 4.39 Å². The van der Waals surface area contributed by atoms with Crippen molar-refractivity contribution < 1.29 is 9.18 Å². The van der Waals surface area contributed by atoms with Crippen LogP contribution < -0.4 is 11.1 Å². The third-order valence-corrected chi connectivity index (χ3v) is 5.18. The molecule has 2 heterocycles. The van der Waals surface area contributed by atoms with E-state index in [1.165, 1.54) is 23.5 Å². The van der Waals surface area contributed by atoms with Crippen molar-refractivity contribution >= 4 is 28.8 Å². The van der Waals surface area contributed by atoms with E-state index in [-0.39, 0.29) is 18.3 Å². The summed E-state index contributed by atoms with van der Waals surface area (Å²) in [5.41, 5.74) is 8.08. The fourth-order valence-corrected chi connectivity index (χ4v) is 3.69. The molecule has 2 aromatic heterocycles. The first-order valence-corrected chi connectivity index (χ1v) is 8.73. The largest absolute Gasteiger partial charge is 0.343 e. The summed E-state index contributed by atoms with van der Waals surface area (Å²) in [5, 5.41) is 6.97. The van der Waals surface area contributed by atoms with Crippen molar-refractivity contribution in [2.75, 3.05) is 6.54 Å². The lowest BCUT2D eigenvalue weighted by atomic mass is 10.1. The van der Waals surface area contributed by atoms with Gasteiger partial charge in [0.2, 0.25) is 0 Å². The summed E-state index contributed by atoms with van der Waals surface area (Å²) in [5.74, 6) is -0.614. The Morgan fingerprint density at radius 1 is 1.40 bits per heavy atom. The maximum absolute atomic E-state index is 13.1. The van der Waals surface area contributed by atoms with Crippen molar-refractivity contribution in [3.8, 4) is 11.3 Å². The standard InChI is InChI=1S/C17H16ClFN4OS/c1-23-14(6-7-21-23)12-8-15(25-16(12)18)17(24)22-13(9-20)10-2-4-11(19)5-3-10/h2-8,13H,9,20H2,1H3,(H,22,24). The SMILES string of the molecule is Cn1nccc1-c1cc(C(=O)NC(CN)c2ccc(F)cc2)sc1Cl. The number of carbonyl (C=O) groups is 1. The van der Waals surface area contributed by atoms with Crippen LogP contribution in [0.25, 0.3) is 11.3 Å². The lowest BCUT2D eigenvalue weighted by molar-refractivity contribution is 0.0942. The van der Waals surface area contributed by atoms with Gasteiger partial charge in [-0.25, -0.2) is 4.39 Å². The van der Waals surface area contributed by atoms with Crippen molar-refractivity contribution in [2.45, 2.75) is 6.04 Å². The Kier molecular flexibility index (Phi) is 5.17. The summed E-state index contributed by atoms with van der Waals surface area (Å²) in [6.45, 7) is 0.199. The molecule has 5 nitrogen and oxygen atoms in total.